The number of aromatic amines is 1. The molecule has 0 aromatic carbocycles. The summed E-state index contributed by atoms with van der Waals surface area (Å²) in [5.74, 6) is 0.711. The van der Waals surface area contributed by atoms with E-state index >= 15 is 0 Å². The van der Waals surface area contributed by atoms with Crippen LogP contribution in [0.15, 0.2) is 12.3 Å². The first-order valence-corrected chi connectivity index (χ1v) is 5.80. The molecule has 3 rings (SSSR count). The van der Waals surface area contributed by atoms with Crippen molar-refractivity contribution in [1.29, 1.82) is 0 Å². The third kappa shape index (κ3) is 1.35. The van der Waals surface area contributed by atoms with Crippen LogP contribution < -0.4 is 5.32 Å². The smallest absolute Gasteiger partial charge is 0.272 e. The van der Waals surface area contributed by atoms with Crippen molar-refractivity contribution in [2.45, 2.75) is 25.4 Å². The molecule has 16 heavy (non-hydrogen) atoms. The zero-order chi connectivity index (χ0) is 11.1. The summed E-state index contributed by atoms with van der Waals surface area (Å²) in [4.78, 5) is 14.3. The Morgan fingerprint density at radius 3 is 3.19 bits per heavy atom. The lowest BCUT2D eigenvalue weighted by molar-refractivity contribution is 0.0676. The maximum Gasteiger partial charge on any atom is 0.272 e. The molecule has 1 aromatic rings. The second-order valence-electron chi connectivity index (χ2n) is 4.75. The number of nitrogens with one attached hydrogen (secondary N) is 2. The minimum atomic E-state index is 0.0844. The van der Waals surface area contributed by atoms with E-state index in [0.29, 0.717) is 23.7 Å². The van der Waals surface area contributed by atoms with Crippen molar-refractivity contribution in [1.82, 2.24) is 20.4 Å². The van der Waals surface area contributed by atoms with Crippen LogP contribution in [0.5, 0.6) is 0 Å². The van der Waals surface area contributed by atoms with Crippen molar-refractivity contribution in [3.05, 3.63) is 18.0 Å². The van der Waals surface area contributed by atoms with E-state index in [1.54, 1.807) is 12.3 Å². The zero-order valence-corrected chi connectivity index (χ0v) is 9.31. The predicted octanol–water partition coefficient (Wildman–Crippen LogP) is 0.232. The number of aromatic nitrogens is 2. The molecule has 0 bridgehead atoms. The molecule has 5 nitrogen and oxygen atoms in total. The van der Waals surface area contributed by atoms with Crippen LogP contribution in [0.2, 0.25) is 0 Å². The highest BCUT2D eigenvalue weighted by molar-refractivity contribution is 5.92. The van der Waals surface area contributed by atoms with Crippen LogP contribution in [0.1, 0.15) is 23.8 Å². The average molecular weight is 220 g/mol. The summed E-state index contributed by atoms with van der Waals surface area (Å²) in [7, 11) is 0. The van der Waals surface area contributed by atoms with Gasteiger partial charge in [-0.1, -0.05) is 0 Å². The third-order valence-electron chi connectivity index (χ3n) is 3.75. The van der Waals surface area contributed by atoms with E-state index < -0.39 is 0 Å². The first-order valence-electron chi connectivity index (χ1n) is 5.80. The number of amides is 1. The summed E-state index contributed by atoms with van der Waals surface area (Å²) >= 11 is 0. The Labute approximate surface area is 94.2 Å². The first kappa shape index (κ1) is 9.84. The molecule has 2 aliphatic rings. The fourth-order valence-corrected chi connectivity index (χ4v) is 3.03. The quantitative estimate of drug-likeness (QED) is 0.712. The summed E-state index contributed by atoms with van der Waals surface area (Å²) in [6.45, 7) is 4.10. The van der Waals surface area contributed by atoms with Crippen LogP contribution in [0.3, 0.4) is 0 Å². The zero-order valence-electron chi connectivity index (χ0n) is 9.31. The van der Waals surface area contributed by atoms with Crippen LogP contribution in [0.4, 0.5) is 0 Å². The van der Waals surface area contributed by atoms with E-state index in [-0.39, 0.29) is 5.91 Å². The summed E-state index contributed by atoms with van der Waals surface area (Å²) in [5, 5.41) is 9.94. The van der Waals surface area contributed by atoms with Crippen molar-refractivity contribution in [3.8, 4) is 0 Å². The van der Waals surface area contributed by atoms with E-state index in [1.165, 1.54) is 0 Å². The average Bonchev–Trinajstić information content (AvgIpc) is 2.89. The van der Waals surface area contributed by atoms with Crippen molar-refractivity contribution >= 4 is 5.91 Å². The number of fused-ring (bicyclic) bond motifs is 1. The second kappa shape index (κ2) is 3.59. The molecule has 1 amide bonds. The number of nitrogens with zero attached hydrogens (tertiary/aromatic N) is 2. The maximum atomic E-state index is 12.3. The van der Waals surface area contributed by atoms with Gasteiger partial charge in [0.15, 0.2) is 0 Å². The molecule has 2 N–H and O–H groups in total. The fraction of sp³-hybridized carbons (Fsp3) is 0.636. The van der Waals surface area contributed by atoms with Crippen LogP contribution in [-0.4, -0.2) is 46.2 Å². The standard InChI is InChI=1S/C11H16N4O/c1-7-4-8-5-12-6-10(8)15(7)11(16)9-2-3-13-14-9/h2-3,7-8,10,12H,4-6H2,1H3,(H,13,14). The van der Waals surface area contributed by atoms with Gasteiger partial charge >= 0.3 is 0 Å². The van der Waals surface area contributed by atoms with Crippen molar-refractivity contribution < 1.29 is 4.79 Å². The molecule has 5 heteroatoms. The highest BCUT2D eigenvalue weighted by Gasteiger charge is 2.44. The Morgan fingerprint density at radius 2 is 2.44 bits per heavy atom. The number of likely N-dealkylation sites (tertiary alicyclic amines) is 1. The van der Waals surface area contributed by atoms with Crippen LogP contribution >= 0.6 is 0 Å². The predicted molar refractivity (Wildman–Crippen MR) is 59.0 cm³/mol. The minimum absolute atomic E-state index is 0.0844. The van der Waals surface area contributed by atoms with Crippen LogP contribution in [-0.2, 0) is 0 Å². The van der Waals surface area contributed by atoms with E-state index in [1.807, 2.05) is 4.90 Å². The Balaban J connectivity index is 1.86. The second-order valence-corrected chi connectivity index (χ2v) is 4.75. The number of H-pyrrole nitrogens is 1. The van der Waals surface area contributed by atoms with E-state index in [4.69, 9.17) is 0 Å². The fourth-order valence-electron chi connectivity index (χ4n) is 3.03. The number of hydrogen-bond acceptors (Lipinski definition) is 3. The van der Waals surface area contributed by atoms with Gasteiger partial charge in [-0.15, -0.1) is 0 Å². The monoisotopic (exact) mass is 220 g/mol. The lowest BCUT2D eigenvalue weighted by Gasteiger charge is -2.26. The Morgan fingerprint density at radius 1 is 1.56 bits per heavy atom. The molecular formula is C11H16N4O. The lowest BCUT2D eigenvalue weighted by atomic mass is 10.0. The lowest BCUT2D eigenvalue weighted by Crippen LogP contribution is -2.42. The summed E-state index contributed by atoms with van der Waals surface area (Å²) in [6, 6.07) is 2.45. The molecule has 2 aliphatic heterocycles. The molecule has 0 aliphatic carbocycles. The number of hydrogen-bond donors (Lipinski definition) is 2. The molecule has 0 spiro atoms. The molecular weight excluding hydrogens is 204 g/mol. The normalized spacial score (nSPS) is 33.1. The van der Waals surface area contributed by atoms with Gasteiger partial charge in [0, 0.05) is 31.4 Å². The highest BCUT2D eigenvalue weighted by atomic mass is 16.2. The van der Waals surface area contributed by atoms with E-state index in [2.05, 4.69) is 22.4 Å². The molecule has 3 unspecified atom stereocenters. The van der Waals surface area contributed by atoms with Gasteiger partial charge in [0.05, 0.1) is 0 Å². The summed E-state index contributed by atoms with van der Waals surface area (Å²) in [6.07, 6.45) is 2.73. The van der Waals surface area contributed by atoms with Gasteiger partial charge in [-0.25, -0.2) is 0 Å². The van der Waals surface area contributed by atoms with Gasteiger partial charge in [-0.05, 0) is 25.3 Å². The molecule has 3 atom stereocenters. The van der Waals surface area contributed by atoms with E-state index in [0.717, 1.165) is 19.5 Å². The van der Waals surface area contributed by atoms with Crippen molar-refractivity contribution in [2.24, 2.45) is 5.92 Å². The number of carbonyl (C=O) groups excluding carboxylic acids is 1. The molecule has 3 heterocycles. The van der Waals surface area contributed by atoms with Crippen LogP contribution in [0, 0.1) is 5.92 Å². The van der Waals surface area contributed by atoms with Gasteiger partial charge in [0.25, 0.3) is 5.91 Å². The van der Waals surface area contributed by atoms with Gasteiger partial charge in [-0.3, -0.25) is 9.89 Å². The third-order valence-corrected chi connectivity index (χ3v) is 3.75. The first-order chi connectivity index (χ1) is 7.77. The highest BCUT2D eigenvalue weighted by Crippen LogP contribution is 2.32. The molecule has 2 fully saturated rings. The summed E-state index contributed by atoms with van der Waals surface area (Å²) in [5.41, 5.74) is 0.597. The maximum absolute atomic E-state index is 12.3. The minimum Gasteiger partial charge on any atom is -0.330 e. The largest absolute Gasteiger partial charge is 0.330 e. The molecule has 86 valence electrons. The Hall–Kier alpha value is -1.36. The Bertz CT molecular complexity index is 389. The molecule has 1 aromatic heterocycles. The number of rotatable bonds is 1. The molecule has 2 saturated heterocycles. The van der Waals surface area contributed by atoms with Gasteiger partial charge < -0.3 is 10.2 Å². The topological polar surface area (TPSA) is 61.0 Å². The SMILES string of the molecule is CC1CC2CNCC2N1C(=O)c1ccn[nH]1. The van der Waals surface area contributed by atoms with E-state index in [9.17, 15) is 4.79 Å². The van der Waals surface area contributed by atoms with Crippen LogP contribution in [0.25, 0.3) is 0 Å². The van der Waals surface area contributed by atoms with Gasteiger partial charge in [-0.2, -0.15) is 5.10 Å². The van der Waals surface area contributed by atoms with Gasteiger partial charge in [0.2, 0.25) is 0 Å². The van der Waals surface area contributed by atoms with Crippen molar-refractivity contribution in [3.63, 3.8) is 0 Å². The number of carbonyl (C=O) groups is 1. The molecule has 0 radical (unpaired) electrons. The summed E-state index contributed by atoms with van der Waals surface area (Å²) < 4.78 is 0. The molecule has 0 saturated carbocycles. The van der Waals surface area contributed by atoms with Gasteiger partial charge in [0.1, 0.15) is 5.69 Å². The Kier molecular flexibility index (Phi) is 2.21. The van der Waals surface area contributed by atoms with Crippen molar-refractivity contribution in [2.75, 3.05) is 13.1 Å².